The van der Waals surface area contributed by atoms with Crippen molar-refractivity contribution in [2.24, 2.45) is 5.41 Å². The maximum atomic E-state index is 13.1. The zero-order valence-corrected chi connectivity index (χ0v) is 21.7. The molecule has 0 aliphatic rings. The molecule has 2 heterocycles. The number of anilines is 2. The Kier molecular flexibility index (Phi) is 7.63. The van der Waals surface area contributed by atoms with E-state index in [4.69, 9.17) is 25.8 Å². The summed E-state index contributed by atoms with van der Waals surface area (Å²) >= 11 is 6.41. The average molecular weight is 539 g/mol. The Morgan fingerprint density at radius 3 is 2.13 bits per heavy atom. The van der Waals surface area contributed by atoms with E-state index in [0.717, 1.165) is 0 Å². The van der Waals surface area contributed by atoms with Crippen molar-refractivity contribution >= 4 is 45.7 Å². The number of carbonyl (C=O) groups excluding carboxylic acids is 2. The molecule has 4 rings (SSSR count). The molecule has 9 nitrogen and oxygen atoms in total. The van der Waals surface area contributed by atoms with Crippen molar-refractivity contribution in [3.05, 3.63) is 71.8 Å². The maximum absolute atomic E-state index is 13.1. The number of pyridine rings is 2. The predicted octanol–water partition coefficient (Wildman–Crippen LogP) is 5.84. The number of methoxy groups -OCH3 is 2. The lowest BCUT2D eigenvalue weighted by Crippen LogP contribution is -2.41. The van der Waals surface area contributed by atoms with E-state index in [2.05, 4.69) is 20.6 Å². The first-order valence-corrected chi connectivity index (χ1v) is 11.7. The van der Waals surface area contributed by atoms with Crippen molar-refractivity contribution in [1.82, 2.24) is 9.97 Å². The summed E-state index contributed by atoms with van der Waals surface area (Å²) in [6.07, 6.45) is 2.94. The number of rotatable bonds is 8. The van der Waals surface area contributed by atoms with Gasteiger partial charge in [0, 0.05) is 23.3 Å². The van der Waals surface area contributed by atoms with Crippen molar-refractivity contribution in [3.63, 3.8) is 0 Å². The van der Waals surface area contributed by atoms with Crippen molar-refractivity contribution in [2.45, 2.75) is 13.8 Å². The van der Waals surface area contributed by atoms with E-state index in [-0.39, 0.29) is 16.6 Å². The average Bonchev–Trinajstić information content (AvgIpc) is 2.90. The Labute approximate surface area is 222 Å². The van der Waals surface area contributed by atoms with Gasteiger partial charge in [-0.2, -0.15) is 0 Å². The molecule has 0 bridgehead atoms. The topological polar surface area (TPSA) is 112 Å². The van der Waals surface area contributed by atoms with Gasteiger partial charge in [0.1, 0.15) is 22.0 Å². The summed E-state index contributed by atoms with van der Waals surface area (Å²) in [7, 11) is 3.06. The number of fused-ring (bicyclic) bond motifs is 1. The van der Waals surface area contributed by atoms with E-state index >= 15 is 0 Å². The fraction of sp³-hybridized carbons (Fsp3) is 0.185. The van der Waals surface area contributed by atoms with Gasteiger partial charge in [0.25, 0.3) is 0 Å². The molecule has 2 amide bonds. The number of hydrogen-bond acceptors (Lipinski definition) is 7. The summed E-state index contributed by atoms with van der Waals surface area (Å²) < 4.78 is 29.8. The minimum atomic E-state index is -1.47. The highest BCUT2D eigenvalue weighted by Gasteiger charge is 2.36. The first kappa shape index (κ1) is 26.6. The van der Waals surface area contributed by atoms with Crippen LogP contribution in [0.2, 0.25) is 5.02 Å². The third-order valence-electron chi connectivity index (χ3n) is 5.72. The molecular formula is C27H24ClFN4O5. The normalized spacial score (nSPS) is 11.1. The molecule has 0 saturated carbocycles. The van der Waals surface area contributed by atoms with Gasteiger partial charge in [-0.1, -0.05) is 11.6 Å². The third-order valence-corrected chi connectivity index (χ3v) is 5.99. The molecule has 196 valence electrons. The van der Waals surface area contributed by atoms with E-state index in [0.29, 0.717) is 33.8 Å². The molecule has 0 atom stereocenters. The number of carbonyl (C=O) groups is 2. The zero-order chi connectivity index (χ0) is 27.4. The summed E-state index contributed by atoms with van der Waals surface area (Å²) in [4.78, 5) is 34.2. The second-order valence-corrected chi connectivity index (χ2v) is 9.09. The van der Waals surface area contributed by atoms with Crippen molar-refractivity contribution < 1.29 is 28.2 Å². The zero-order valence-electron chi connectivity index (χ0n) is 21.0. The van der Waals surface area contributed by atoms with Crippen molar-refractivity contribution in [1.29, 1.82) is 0 Å². The highest BCUT2D eigenvalue weighted by Crippen LogP contribution is 2.38. The summed E-state index contributed by atoms with van der Waals surface area (Å²) in [5, 5.41) is 6.02. The molecule has 0 unspecified atom stereocenters. The molecule has 11 heteroatoms. The lowest BCUT2D eigenvalue weighted by atomic mass is 9.91. The molecule has 2 aromatic heterocycles. The molecule has 0 fully saturated rings. The van der Waals surface area contributed by atoms with Crippen LogP contribution < -0.4 is 24.8 Å². The summed E-state index contributed by atoms with van der Waals surface area (Å²) in [6, 6.07) is 11.8. The maximum Gasteiger partial charge on any atom is 0.239 e. The monoisotopic (exact) mass is 538 g/mol. The van der Waals surface area contributed by atoms with Crippen molar-refractivity contribution in [2.75, 3.05) is 24.9 Å². The Morgan fingerprint density at radius 1 is 0.868 bits per heavy atom. The van der Waals surface area contributed by atoms with Gasteiger partial charge in [-0.05, 0) is 56.3 Å². The van der Waals surface area contributed by atoms with Gasteiger partial charge >= 0.3 is 0 Å². The minimum Gasteiger partial charge on any atom is -0.493 e. The molecule has 0 aliphatic heterocycles. The number of amides is 2. The van der Waals surface area contributed by atoms with Gasteiger partial charge in [0.15, 0.2) is 11.5 Å². The van der Waals surface area contributed by atoms with Crippen LogP contribution in [0.4, 0.5) is 15.8 Å². The smallest absolute Gasteiger partial charge is 0.239 e. The van der Waals surface area contributed by atoms with Crippen molar-refractivity contribution in [3.8, 4) is 23.1 Å². The third kappa shape index (κ3) is 5.60. The molecule has 2 aromatic carbocycles. The quantitative estimate of drug-likeness (QED) is 0.271. The van der Waals surface area contributed by atoms with Crippen LogP contribution in [-0.4, -0.2) is 36.0 Å². The summed E-state index contributed by atoms with van der Waals surface area (Å²) in [5.41, 5.74) is -0.225. The van der Waals surface area contributed by atoms with E-state index in [1.165, 1.54) is 64.6 Å². The molecule has 38 heavy (non-hydrogen) atoms. The minimum absolute atomic E-state index is 0.0975. The van der Waals surface area contributed by atoms with Gasteiger partial charge in [-0.25, -0.2) is 9.37 Å². The highest BCUT2D eigenvalue weighted by molar-refractivity contribution is 6.32. The van der Waals surface area contributed by atoms with E-state index in [9.17, 15) is 14.0 Å². The number of benzene rings is 2. The van der Waals surface area contributed by atoms with Crippen LogP contribution >= 0.6 is 11.6 Å². The van der Waals surface area contributed by atoms with E-state index in [1.807, 2.05) is 0 Å². The van der Waals surface area contributed by atoms with E-state index in [1.54, 1.807) is 24.4 Å². The number of halogens is 2. The number of ether oxygens (including phenoxy) is 3. The number of nitrogens with one attached hydrogen (secondary N) is 2. The molecule has 0 aliphatic carbocycles. The van der Waals surface area contributed by atoms with Crippen LogP contribution in [0.3, 0.4) is 0 Å². The molecule has 2 N–H and O–H groups in total. The van der Waals surface area contributed by atoms with Crippen LogP contribution in [0.5, 0.6) is 23.1 Å². The van der Waals surface area contributed by atoms with E-state index < -0.39 is 23.0 Å². The molecule has 0 saturated heterocycles. The second kappa shape index (κ2) is 10.9. The largest absolute Gasteiger partial charge is 0.493 e. The molecule has 0 radical (unpaired) electrons. The van der Waals surface area contributed by atoms with Crippen LogP contribution in [0.1, 0.15) is 13.8 Å². The highest BCUT2D eigenvalue weighted by atomic mass is 35.5. The standard InChI is InChI=1S/C27H24ClFN4O5/c1-27(2,25(34)32-16-7-5-15(29)6-8-16)26(35)33-17-11-19(28)24(31-14-17)38-21-9-10-30-20-13-23(37-4)22(36-3)12-18(20)21/h5-14H,1-4H3,(H,32,34)(H,33,35). The predicted molar refractivity (Wildman–Crippen MR) is 142 cm³/mol. The second-order valence-electron chi connectivity index (χ2n) is 8.69. The SMILES string of the molecule is COc1cc2nccc(Oc3ncc(NC(=O)C(C)(C)C(=O)Nc4ccc(F)cc4)cc3Cl)c2cc1OC. The van der Waals surface area contributed by atoms with Crippen LogP contribution in [0, 0.1) is 11.2 Å². The van der Waals surface area contributed by atoms with Gasteiger partial charge < -0.3 is 24.8 Å². The Balaban J connectivity index is 1.50. The van der Waals surface area contributed by atoms with Crippen LogP contribution in [0.25, 0.3) is 10.9 Å². The molecular weight excluding hydrogens is 515 g/mol. The van der Waals surface area contributed by atoms with Gasteiger partial charge in [0.2, 0.25) is 17.7 Å². The molecule has 0 spiro atoms. The fourth-order valence-corrected chi connectivity index (χ4v) is 3.63. The fourth-order valence-electron chi connectivity index (χ4n) is 3.42. The summed E-state index contributed by atoms with van der Waals surface area (Å²) in [6.45, 7) is 2.93. The van der Waals surface area contributed by atoms with Gasteiger partial charge in [-0.15, -0.1) is 0 Å². The lowest BCUT2D eigenvalue weighted by Gasteiger charge is -2.23. The number of hydrogen-bond donors (Lipinski definition) is 2. The van der Waals surface area contributed by atoms with Crippen LogP contribution in [0.15, 0.2) is 60.9 Å². The van der Waals surface area contributed by atoms with Crippen LogP contribution in [-0.2, 0) is 9.59 Å². The number of aromatic nitrogens is 2. The Hall–Kier alpha value is -4.44. The summed E-state index contributed by atoms with van der Waals surface area (Å²) in [5.74, 6) is -0.0480. The Morgan fingerprint density at radius 2 is 1.50 bits per heavy atom. The first-order chi connectivity index (χ1) is 18.1. The lowest BCUT2D eigenvalue weighted by molar-refractivity contribution is -0.135. The first-order valence-electron chi connectivity index (χ1n) is 11.3. The Bertz CT molecular complexity index is 1510. The molecule has 4 aromatic rings. The van der Waals surface area contributed by atoms with Gasteiger partial charge in [0.05, 0.1) is 31.6 Å². The number of nitrogens with zero attached hydrogens (tertiary/aromatic N) is 2. The van der Waals surface area contributed by atoms with Gasteiger partial charge in [-0.3, -0.25) is 14.6 Å².